The van der Waals surface area contributed by atoms with E-state index in [1.54, 1.807) is 23.1 Å². The monoisotopic (exact) mass is 397 g/mol. The van der Waals surface area contributed by atoms with Crippen LogP contribution in [0.3, 0.4) is 0 Å². The molecule has 0 unspecified atom stereocenters. The lowest BCUT2D eigenvalue weighted by atomic mass is 9.98. The van der Waals surface area contributed by atoms with Crippen LogP contribution in [0.15, 0.2) is 22.8 Å². The van der Waals surface area contributed by atoms with E-state index in [0.717, 1.165) is 12.8 Å². The Morgan fingerprint density at radius 3 is 2.83 bits per heavy atom. The van der Waals surface area contributed by atoms with Gasteiger partial charge in [-0.3, -0.25) is 4.79 Å². The summed E-state index contributed by atoms with van der Waals surface area (Å²) in [6.07, 6.45) is 1.60. The van der Waals surface area contributed by atoms with Gasteiger partial charge in [-0.1, -0.05) is 6.07 Å². The van der Waals surface area contributed by atoms with Crippen molar-refractivity contribution in [3.8, 4) is 0 Å². The van der Waals surface area contributed by atoms with E-state index in [9.17, 15) is 9.59 Å². The van der Waals surface area contributed by atoms with E-state index in [-0.39, 0.29) is 17.9 Å². The number of hydrogen-bond donors (Lipinski definition) is 1. The molecule has 1 N–H and O–H groups in total. The number of amides is 2. The fourth-order valence-corrected chi connectivity index (χ4v) is 2.93. The highest BCUT2D eigenvalue weighted by Gasteiger charge is 2.27. The number of rotatable bonds is 3. The van der Waals surface area contributed by atoms with E-state index in [2.05, 4.69) is 26.2 Å². The molecule has 1 aliphatic heterocycles. The van der Waals surface area contributed by atoms with Gasteiger partial charge in [0.1, 0.15) is 15.9 Å². The fourth-order valence-electron chi connectivity index (χ4n) is 2.59. The summed E-state index contributed by atoms with van der Waals surface area (Å²) in [5.41, 5.74) is -0.117. The van der Waals surface area contributed by atoms with Crippen molar-refractivity contribution in [2.75, 3.05) is 19.6 Å². The average molecular weight is 398 g/mol. The Hall–Kier alpha value is -1.63. The van der Waals surface area contributed by atoms with Crippen LogP contribution in [-0.2, 0) is 4.74 Å². The Kier molecular flexibility index (Phi) is 6.21. The van der Waals surface area contributed by atoms with Crippen molar-refractivity contribution >= 4 is 27.9 Å². The molecule has 0 saturated carbocycles. The number of carbonyl (C=O) groups excluding carboxylic acids is 2. The largest absolute Gasteiger partial charge is 0.444 e. The highest BCUT2D eigenvalue weighted by Crippen LogP contribution is 2.19. The maximum Gasteiger partial charge on any atom is 0.410 e. The average Bonchev–Trinajstić information content (AvgIpc) is 2.51. The number of nitrogens with one attached hydrogen (secondary N) is 1. The normalized spacial score (nSPS) is 18.2. The van der Waals surface area contributed by atoms with E-state index in [0.29, 0.717) is 29.9 Å². The molecule has 2 amide bonds. The molecule has 0 aromatic carbocycles. The lowest BCUT2D eigenvalue weighted by Crippen LogP contribution is -2.45. The maximum absolute atomic E-state index is 12.2. The summed E-state index contributed by atoms with van der Waals surface area (Å²) >= 11 is 3.26. The SMILES string of the molecule is CC(C)(C)OC(=O)N1CCC[C@H](CNC(=O)c2cccc(Br)n2)C1. The van der Waals surface area contributed by atoms with Gasteiger partial charge in [-0.15, -0.1) is 0 Å². The summed E-state index contributed by atoms with van der Waals surface area (Å²) in [6, 6.07) is 5.22. The predicted octanol–water partition coefficient (Wildman–Crippen LogP) is 3.22. The first-order chi connectivity index (χ1) is 11.2. The molecular formula is C17H24BrN3O3. The van der Waals surface area contributed by atoms with Crippen molar-refractivity contribution in [1.82, 2.24) is 15.2 Å². The molecule has 1 aromatic rings. The minimum Gasteiger partial charge on any atom is -0.444 e. The van der Waals surface area contributed by atoms with Crippen molar-refractivity contribution in [2.45, 2.75) is 39.2 Å². The van der Waals surface area contributed by atoms with E-state index in [1.165, 1.54) is 0 Å². The van der Waals surface area contributed by atoms with Crippen LogP contribution in [0.1, 0.15) is 44.1 Å². The van der Waals surface area contributed by atoms with Gasteiger partial charge in [-0.2, -0.15) is 0 Å². The summed E-state index contributed by atoms with van der Waals surface area (Å²) in [7, 11) is 0. The van der Waals surface area contributed by atoms with Gasteiger partial charge in [0.25, 0.3) is 5.91 Å². The Balaban J connectivity index is 1.84. The molecule has 6 nitrogen and oxygen atoms in total. The number of aromatic nitrogens is 1. The van der Waals surface area contributed by atoms with E-state index in [4.69, 9.17) is 4.74 Å². The van der Waals surface area contributed by atoms with E-state index < -0.39 is 5.60 Å². The molecule has 1 aliphatic rings. The van der Waals surface area contributed by atoms with Gasteiger partial charge in [-0.05, 0) is 67.6 Å². The van der Waals surface area contributed by atoms with Crippen molar-refractivity contribution in [2.24, 2.45) is 5.92 Å². The second-order valence-electron chi connectivity index (χ2n) is 6.99. The van der Waals surface area contributed by atoms with Crippen LogP contribution in [0.25, 0.3) is 0 Å². The zero-order chi connectivity index (χ0) is 17.7. The number of hydrogen-bond acceptors (Lipinski definition) is 4. The van der Waals surface area contributed by atoms with Gasteiger partial charge in [0, 0.05) is 19.6 Å². The lowest BCUT2D eigenvalue weighted by Gasteiger charge is -2.34. The Morgan fingerprint density at radius 2 is 2.17 bits per heavy atom. The minimum atomic E-state index is -0.495. The molecule has 24 heavy (non-hydrogen) atoms. The van der Waals surface area contributed by atoms with Gasteiger partial charge < -0.3 is 15.0 Å². The van der Waals surface area contributed by atoms with Crippen LogP contribution in [0.2, 0.25) is 0 Å². The standard InChI is InChI=1S/C17H24BrN3O3/c1-17(2,3)24-16(23)21-9-5-6-12(11-21)10-19-15(22)13-7-4-8-14(18)20-13/h4,7-8,12H,5-6,9-11H2,1-3H3,(H,19,22)/t12-/m1/s1. The molecule has 132 valence electrons. The summed E-state index contributed by atoms with van der Waals surface area (Å²) in [5.74, 6) is 0.0214. The van der Waals surface area contributed by atoms with Crippen LogP contribution in [-0.4, -0.2) is 47.1 Å². The number of ether oxygens (including phenoxy) is 1. The molecule has 1 saturated heterocycles. The smallest absolute Gasteiger partial charge is 0.410 e. The first kappa shape index (κ1) is 18.7. The third-order valence-electron chi connectivity index (χ3n) is 3.67. The van der Waals surface area contributed by atoms with Crippen LogP contribution >= 0.6 is 15.9 Å². The molecule has 1 atom stereocenters. The molecule has 1 aromatic heterocycles. The molecule has 0 aliphatic carbocycles. The zero-order valence-corrected chi connectivity index (χ0v) is 15.9. The van der Waals surface area contributed by atoms with Crippen LogP contribution in [0.4, 0.5) is 4.79 Å². The molecule has 0 spiro atoms. The highest BCUT2D eigenvalue weighted by atomic mass is 79.9. The molecular weight excluding hydrogens is 374 g/mol. The second-order valence-corrected chi connectivity index (χ2v) is 7.80. The quantitative estimate of drug-likeness (QED) is 0.794. The Morgan fingerprint density at radius 1 is 1.42 bits per heavy atom. The van der Waals surface area contributed by atoms with Crippen LogP contribution in [0, 0.1) is 5.92 Å². The minimum absolute atomic E-state index is 0.203. The lowest BCUT2D eigenvalue weighted by molar-refractivity contribution is 0.0167. The van der Waals surface area contributed by atoms with Crippen molar-refractivity contribution < 1.29 is 14.3 Å². The summed E-state index contributed by atoms with van der Waals surface area (Å²) < 4.78 is 6.05. The first-order valence-corrected chi connectivity index (χ1v) is 8.92. The number of carbonyl (C=O) groups is 2. The van der Waals surface area contributed by atoms with Crippen molar-refractivity contribution in [1.29, 1.82) is 0 Å². The van der Waals surface area contributed by atoms with Gasteiger partial charge >= 0.3 is 6.09 Å². The fraction of sp³-hybridized carbons (Fsp3) is 0.588. The van der Waals surface area contributed by atoms with Gasteiger partial charge in [0.2, 0.25) is 0 Å². The Bertz CT molecular complexity index is 601. The van der Waals surface area contributed by atoms with Crippen LogP contribution in [0.5, 0.6) is 0 Å². The van der Waals surface area contributed by atoms with Crippen molar-refractivity contribution in [3.63, 3.8) is 0 Å². The maximum atomic E-state index is 12.2. The third-order valence-corrected chi connectivity index (χ3v) is 4.11. The predicted molar refractivity (Wildman–Crippen MR) is 94.8 cm³/mol. The second kappa shape index (κ2) is 7.96. The molecule has 1 fully saturated rings. The molecule has 0 radical (unpaired) electrons. The number of halogens is 1. The van der Waals surface area contributed by atoms with E-state index >= 15 is 0 Å². The van der Waals surface area contributed by atoms with Crippen molar-refractivity contribution in [3.05, 3.63) is 28.5 Å². The zero-order valence-electron chi connectivity index (χ0n) is 14.3. The summed E-state index contributed by atoms with van der Waals surface area (Å²) in [4.78, 5) is 30.2. The molecule has 0 bridgehead atoms. The first-order valence-electron chi connectivity index (χ1n) is 8.13. The number of nitrogens with zero attached hydrogens (tertiary/aromatic N) is 2. The summed E-state index contributed by atoms with van der Waals surface area (Å²) in [5, 5.41) is 2.90. The van der Waals surface area contributed by atoms with Crippen LogP contribution < -0.4 is 5.32 Å². The molecule has 7 heteroatoms. The Labute approximate surface area is 151 Å². The number of piperidine rings is 1. The van der Waals surface area contributed by atoms with E-state index in [1.807, 2.05) is 20.8 Å². The number of likely N-dealkylation sites (tertiary alicyclic amines) is 1. The van der Waals surface area contributed by atoms with Gasteiger partial charge in [-0.25, -0.2) is 9.78 Å². The number of pyridine rings is 1. The topological polar surface area (TPSA) is 71.5 Å². The molecule has 2 rings (SSSR count). The third kappa shape index (κ3) is 5.78. The molecule has 2 heterocycles. The highest BCUT2D eigenvalue weighted by molar-refractivity contribution is 9.10. The summed E-state index contributed by atoms with van der Waals surface area (Å²) in [6.45, 7) is 7.40. The van der Waals surface area contributed by atoms with Gasteiger partial charge in [0.15, 0.2) is 0 Å². The van der Waals surface area contributed by atoms with Gasteiger partial charge in [0.05, 0.1) is 0 Å².